The molecule has 0 aliphatic heterocycles. The summed E-state index contributed by atoms with van der Waals surface area (Å²) in [5, 5.41) is 3.17. The van der Waals surface area contributed by atoms with Crippen LogP contribution in [0.1, 0.15) is 25.5 Å². The zero-order chi connectivity index (χ0) is 10.6. The molecule has 74 valence electrons. The number of benzene rings is 1. The first-order chi connectivity index (χ1) is 6.63. The Morgan fingerprint density at radius 3 is 2.71 bits per heavy atom. The van der Waals surface area contributed by atoms with E-state index < -0.39 is 0 Å². The Balaban J connectivity index is 2.70. The molecular formula is C12H14FN. The molecule has 0 aromatic heterocycles. The second-order valence-corrected chi connectivity index (χ2v) is 3.33. The van der Waals surface area contributed by atoms with E-state index >= 15 is 0 Å². The van der Waals surface area contributed by atoms with E-state index in [9.17, 15) is 4.39 Å². The highest BCUT2D eigenvalue weighted by Gasteiger charge is 2.07. The number of hydrogen-bond acceptors (Lipinski definition) is 1. The summed E-state index contributed by atoms with van der Waals surface area (Å²) in [7, 11) is 0. The van der Waals surface area contributed by atoms with Crippen LogP contribution in [-0.2, 0) is 0 Å². The molecule has 0 heterocycles. The zero-order valence-electron chi connectivity index (χ0n) is 8.42. The first-order valence-corrected chi connectivity index (χ1v) is 4.61. The molecule has 0 radical (unpaired) electrons. The molecule has 2 unspecified atom stereocenters. The summed E-state index contributed by atoms with van der Waals surface area (Å²) in [5.74, 6) is 2.36. The van der Waals surface area contributed by atoms with Crippen molar-refractivity contribution in [2.75, 3.05) is 0 Å². The highest BCUT2D eigenvalue weighted by molar-refractivity contribution is 5.20. The minimum atomic E-state index is -0.218. The van der Waals surface area contributed by atoms with E-state index in [1.807, 2.05) is 19.9 Å². The van der Waals surface area contributed by atoms with Crippen molar-refractivity contribution in [2.24, 2.45) is 0 Å². The Labute approximate surface area is 84.3 Å². The fourth-order valence-electron chi connectivity index (χ4n) is 1.30. The maximum absolute atomic E-state index is 12.9. The minimum Gasteiger partial charge on any atom is -0.297 e. The fourth-order valence-corrected chi connectivity index (χ4v) is 1.30. The van der Waals surface area contributed by atoms with Crippen molar-refractivity contribution in [1.82, 2.24) is 5.32 Å². The standard InChI is InChI=1S/C12H14FN/c1-4-9(2)14-10(3)11-6-5-7-12(13)8-11/h1,5-10,14H,2-3H3. The summed E-state index contributed by atoms with van der Waals surface area (Å²) in [4.78, 5) is 0. The quantitative estimate of drug-likeness (QED) is 0.724. The van der Waals surface area contributed by atoms with Gasteiger partial charge in [0, 0.05) is 6.04 Å². The first kappa shape index (κ1) is 10.7. The van der Waals surface area contributed by atoms with Crippen LogP contribution in [0.25, 0.3) is 0 Å². The molecule has 0 saturated carbocycles. The number of halogens is 1. The number of terminal acetylenes is 1. The number of nitrogens with one attached hydrogen (secondary N) is 1. The van der Waals surface area contributed by atoms with E-state index in [0.29, 0.717) is 0 Å². The lowest BCUT2D eigenvalue weighted by Gasteiger charge is -2.16. The van der Waals surface area contributed by atoms with Crippen LogP contribution >= 0.6 is 0 Å². The van der Waals surface area contributed by atoms with E-state index in [1.165, 1.54) is 12.1 Å². The molecule has 0 saturated heterocycles. The van der Waals surface area contributed by atoms with Gasteiger partial charge in [-0.15, -0.1) is 6.42 Å². The zero-order valence-corrected chi connectivity index (χ0v) is 8.42. The molecule has 14 heavy (non-hydrogen) atoms. The van der Waals surface area contributed by atoms with Gasteiger partial charge in [-0.3, -0.25) is 5.32 Å². The third-order valence-corrected chi connectivity index (χ3v) is 2.10. The molecule has 0 spiro atoms. The molecule has 1 N–H and O–H groups in total. The summed E-state index contributed by atoms with van der Waals surface area (Å²) in [6.45, 7) is 3.86. The molecule has 0 aliphatic rings. The Kier molecular flexibility index (Phi) is 3.67. The van der Waals surface area contributed by atoms with Gasteiger partial charge in [-0.2, -0.15) is 0 Å². The van der Waals surface area contributed by atoms with Crippen LogP contribution in [0, 0.1) is 18.2 Å². The maximum Gasteiger partial charge on any atom is 0.123 e. The predicted molar refractivity (Wildman–Crippen MR) is 56.2 cm³/mol. The lowest BCUT2D eigenvalue weighted by molar-refractivity contribution is 0.540. The van der Waals surface area contributed by atoms with Gasteiger partial charge in [0.2, 0.25) is 0 Å². The Bertz CT molecular complexity index is 340. The van der Waals surface area contributed by atoms with Crippen molar-refractivity contribution in [1.29, 1.82) is 0 Å². The molecule has 1 aromatic rings. The summed E-state index contributed by atoms with van der Waals surface area (Å²) in [6.07, 6.45) is 5.24. The van der Waals surface area contributed by atoms with Crippen LogP contribution in [0.2, 0.25) is 0 Å². The lowest BCUT2D eigenvalue weighted by atomic mass is 10.1. The number of hydrogen-bond donors (Lipinski definition) is 1. The molecule has 0 aliphatic carbocycles. The van der Waals surface area contributed by atoms with Gasteiger partial charge in [0.15, 0.2) is 0 Å². The lowest BCUT2D eigenvalue weighted by Crippen LogP contribution is -2.27. The molecule has 0 fully saturated rings. The third kappa shape index (κ3) is 2.86. The van der Waals surface area contributed by atoms with Crippen molar-refractivity contribution in [3.63, 3.8) is 0 Å². The molecular weight excluding hydrogens is 177 g/mol. The van der Waals surface area contributed by atoms with Crippen LogP contribution in [0.5, 0.6) is 0 Å². The van der Waals surface area contributed by atoms with Crippen LogP contribution in [-0.4, -0.2) is 6.04 Å². The highest BCUT2D eigenvalue weighted by atomic mass is 19.1. The summed E-state index contributed by atoms with van der Waals surface area (Å²) < 4.78 is 12.9. The molecule has 2 heteroatoms. The van der Waals surface area contributed by atoms with E-state index in [2.05, 4.69) is 11.2 Å². The number of rotatable bonds is 3. The fraction of sp³-hybridized carbons (Fsp3) is 0.333. The third-order valence-electron chi connectivity index (χ3n) is 2.10. The first-order valence-electron chi connectivity index (χ1n) is 4.61. The topological polar surface area (TPSA) is 12.0 Å². The Morgan fingerprint density at radius 1 is 1.43 bits per heavy atom. The second kappa shape index (κ2) is 4.78. The van der Waals surface area contributed by atoms with Gasteiger partial charge >= 0.3 is 0 Å². The van der Waals surface area contributed by atoms with E-state index in [1.54, 1.807) is 6.07 Å². The van der Waals surface area contributed by atoms with Crippen LogP contribution in [0.4, 0.5) is 4.39 Å². The van der Waals surface area contributed by atoms with Crippen LogP contribution in [0.3, 0.4) is 0 Å². The predicted octanol–water partition coefficient (Wildman–Crippen LogP) is 2.50. The highest BCUT2D eigenvalue weighted by Crippen LogP contribution is 2.13. The monoisotopic (exact) mass is 191 g/mol. The van der Waals surface area contributed by atoms with E-state index in [4.69, 9.17) is 6.42 Å². The molecule has 0 amide bonds. The van der Waals surface area contributed by atoms with E-state index in [-0.39, 0.29) is 17.9 Å². The molecule has 1 rings (SSSR count). The Morgan fingerprint density at radius 2 is 2.14 bits per heavy atom. The normalized spacial score (nSPS) is 14.4. The second-order valence-electron chi connectivity index (χ2n) is 3.33. The van der Waals surface area contributed by atoms with Crippen LogP contribution in [0.15, 0.2) is 24.3 Å². The summed E-state index contributed by atoms with van der Waals surface area (Å²) in [6, 6.07) is 6.58. The van der Waals surface area contributed by atoms with Crippen LogP contribution < -0.4 is 5.32 Å². The van der Waals surface area contributed by atoms with Crippen molar-refractivity contribution in [3.05, 3.63) is 35.6 Å². The molecule has 1 aromatic carbocycles. The van der Waals surface area contributed by atoms with Crippen molar-refractivity contribution >= 4 is 0 Å². The van der Waals surface area contributed by atoms with E-state index in [0.717, 1.165) is 5.56 Å². The Hall–Kier alpha value is -1.33. The van der Waals surface area contributed by atoms with Gasteiger partial charge in [0.1, 0.15) is 5.82 Å². The summed E-state index contributed by atoms with van der Waals surface area (Å²) >= 11 is 0. The minimum absolute atomic E-state index is 0.00623. The molecule has 2 atom stereocenters. The van der Waals surface area contributed by atoms with Gasteiger partial charge in [0.25, 0.3) is 0 Å². The van der Waals surface area contributed by atoms with Crippen molar-refractivity contribution in [2.45, 2.75) is 25.9 Å². The van der Waals surface area contributed by atoms with Gasteiger partial charge in [-0.25, -0.2) is 4.39 Å². The van der Waals surface area contributed by atoms with Gasteiger partial charge in [-0.05, 0) is 31.5 Å². The van der Waals surface area contributed by atoms with Gasteiger partial charge in [0.05, 0.1) is 6.04 Å². The van der Waals surface area contributed by atoms with Crippen molar-refractivity contribution < 1.29 is 4.39 Å². The molecule has 1 nitrogen and oxygen atoms in total. The summed E-state index contributed by atoms with van der Waals surface area (Å²) in [5.41, 5.74) is 0.909. The average Bonchev–Trinajstić information content (AvgIpc) is 2.17. The SMILES string of the molecule is C#CC(C)NC(C)c1cccc(F)c1. The molecule has 0 bridgehead atoms. The largest absolute Gasteiger partial charge is 0.297 e. The van der Waals surface area contributed by atoms with Gasteiger partial charge in [-0.1, -0.05) is 18.1 Å². The van der Waals surface area contributed by atoms with Gasteiger partial charge < -0.3 is 0 Å². The maximum atomic E-state index is 12.9. The average molecular weight is 191 g/mol. The van der Waals surface area contributed by atoms with Crippen molar-refractivity contribution in [3.8, 4) is 12.3 Å². The smallest absolute Gasteiger partial charge is 0.123 e.